The van der Waals surface area contributed by atoms with Crippen LogP contribution in [0, 0.1) is 5.82 Å². The summed E-state index contributed by atoms with van der Waals surface area (Å²) in [5.74, 6) is -1.54. The van der Waals surface area contributed by atoms with Gasteiger partial charge in [0, 0.05) is 41.9 Å². The summed E-state index contributed by atoms with van der Waals surface area (Å²) in [7, 11) is 0. The number of hydrogen-bond donors (Lipinski definition) is 2. The number of carbonyl (C=O) groups excluding carboxylic acids is 2. The van der Waals surface area contributed by atoms with Gasteiger partial charge in [0.1, 0.15) is 11.5 Å². The van der Waals surface area contributed by atoms with E-state index in [9.17, 15) is 19.1 Å². The number of nitrogens with zero attached hydrogens (tertiary/aromatic N) is 1. The summed E-state index contributed by atoms with van der Waals surface area (Å²) in [6.45, 7) is 4.90. The second kappa shape index (κ2) is 16.6. The summed E-state index contributed by atoms with van der Waals surface area (Å²) < 4.78 is 16.2. The van der Waals surface area contributed by atoms with Crippen molar-refractivity contribution in [3.05, 3.63) is 107 Å². The summed E-state index contributed by atoms with van der Waals surface area (Å²) >= 11 is 0. The van der Waals surface area contributed by atoms with Gasteiger partial charge in [0.2, 0.25) is 0 Å². The Morgan fingerprint density at radius 2 is 1.51 bits per heavy atom. The number of aliphatic carboxylic acids is 1. The number of halogens is 1. The van der Waals surface area contributed by atoms with Gasteiger partial charge in [0.05, 0.1) is 0 Å². The van der Waals surface area contributed by atoms with E-state index >= 15 is 0 Å². The fourth-order valence-electron chi connectivity index (χ4n) is 5.54. The van der Waals surface area contributed by atoms with E-state index < -0.39 is 5.97 Å². The molecule has 1 amide bonds. The molecule has 0 radical (unpaired) electrons. The van der Waals surface area contributed by atoms with Crippen molar-refractivity contribution in [1.29, 1.82) is 0 Å². The molecule has 220 valence electrons. The van der Waals surface area contributed by atoms with Gasteiger partial charge in [0.25, 0.3) is 5.91 Å². The molecule has 3 aromatic carbocycles. The third-order valence-corrected chi connectivity index (χ3v) is 7.46. The number of carbonyl (C=O) groups is 2. The number of nitrogens with one attached hydrogen (secondary N) is 1. The number of unbranched alkanes of at least 4 members (excludes halogenated alkanes) is 3. The maximum absolute atomic E-state index is 14.1. The van der Waals surface area contributed by atoms with Crippen molar-refractivity contribution in [2.24, 2.45) is 5.73 Å². The molecule has 3 N–H and O–H groups in total. The summed E-state index contributed by atoms with van der Waals surface area (Å²) in [6, 6.07) is 24.1. The fraction of sp³-hybridized carbons (Fsp3) is 0.314. The van der Waals surface area contributed by atoms with Gasteiger partial charge in [-0.2, -0.15) is 0 Å². The van der Waals surface area contributed by atoms with Crippen molar-refractivity contribution in [3.63, 3.8) is 0 Å². The summed E-state index contributed by atoms with van der Waals surface area (Å²) in [5, 5.41) is 14.0. The van der Waals surface area contributed by atoms with E-state index in [-0.39, 0.29) is 53.7 Å². The Balaban J connectivity index is 0.00000506. The maximum atomic E-state index is 14.1. The summed E-state index contributed by atoms with van der Waals surface area (Å²) in [5.41, 5.74) is 12.8. The number of nitrogens with two attached hydrogens (primary N) is 1. The van der Waals surface area contributed by atoms with Crippen LogP contribution in [0.15, 0.2) is 78.9 Å². The third kappa shape index (κ3) is 8.89. The normalized spacial score (nSPS) is 10.9. The van der Waals surface area contributed by atoms with Crippen molar-refractivity contribution in [2.75, 3.05) is 0 Å². The van der Waals surface area contributed by atoms with E-state index in [1.54, 1.807) is 12.1 Å². The predicted octanol–water partition coefficient (Wildman–Crippen LogP) is 3.18. The van der Waals surface area contributed by atoms with Crippen molar-refractivity contribution in [2.45, 2.75) is 71.5 Å². The number of rotatable bonds is 14. The zero-order valence-corrected chi connectivity index (χ0v) is 27.4. The number of amides is 1. The first-order valence-corrected chi connectivity index (χ1v) is 14.6. The molecule has 0 aliphatic carbocycles. The topological polar surface area (TPSA) is 100 Å². The predicted molar refractivity (Wildman–Crippen MR) is 163 cm³/mol. The smallest absolute Gasteiger partial charge is 0.550 e. The molecule has 0 unspecified atom stereocenters. The average molecular weight is 592 g/mol. The Hall–Kier alpha value is -3.23. The Bertz CT molecular complexity index is 1500. The van der Waals surface area contributed by atoms with Crippen LogP contribution in [-0.2, 0) is 24.3 Å². The molecule has 8 heteroatoms. The molecule has 0 atom stereocenters. The van der Waals surface area contributed by atoms with Crippen molar-refractivity contribution in [3.8, 4) is 22.3 Å². The zero-order valence-electron chi connectivity index (χ0n) is 25.4. The molecule has 6 nitrogen and oxygen atoms in total. The van der Waals surface area contributed by atoms with E-state index in [1.165, 1.54) is 12.1 Å². The second-order valence-corrected chi connectivity index (χ2v) is 10.9. The quantitative estimate of drug-likeness (QED) is 0.174. The van der Waals surface area contributed by atoms with Crippen molar-refractivity contribution < 1.29 is 48.6 Å². The van der Waals surface area contributed by atoms with E-state index in [0.717, 1.165) is 58.3 Å². The van der Waals surface area contributed by atoms with Gasteiger partial charge in [-0.3, -0.25) is 4.79 Å². The van der Waals surface area contributed by atoms with Crippen LogP contribution in [0.1, 0.15) is 79.3 Å². The largest absolute Gasteiger partial charge is 1.00 e. The van der Waals surface area contributed by atoms with Crippen molar-refractivity contribution in [1.82, 2.24) is 9.88 Å². The summed E-state index contributed by atoms with van der Waals surface area (Å²) in [4.78, 5) is 25.0. The molecule has 0 fully saturated rings. The molecular formula is C35H39FN3NaO3. The van der Waals surface area contributed by atoms with Gasteiger partial charge in [-0.25, -0.2) is 4.39 Å². The molecule has 0 aliphatic heterocycles. The first-order chi connectivity index (χ1) is 20.3. The van der Waals surface area contributed by atoms with Crippen LogP contribution in [0.25, 0.3) is 22.3 Å². The van der Waals surface area contributed by atoms with Crippen LogP contribution in [0.3, 0.4) is 0 Å². The Labute approximate surface area is 275 Å². The number of carboxylic acid groups (broad SMARTS) is 1. The number of hydrogen-bond acceptors (Lipinski definition) is 4. The molecule has 4 rings (SSSR count). The van der Waals surface area contributed by atoms with Gasteiger partial charge < -0.3 is 25.5 Å². The minimum atomic E-state index is -1.03. The SMILES string of the molecule is CC(C)n1c(CCCCCCC(=O)[O-])c(-c2ccc(F)cc2)c(-c2ccccc2)c1C(=O)NCc1cccc(CN)c1.[Na+]. The first kappa shape index (κ1) is 34.3. The molecule has 0 bridgehead atoms. The van der Waals surface area contributed by atoms with E-state index in [1.807, 2.05) is 54.6 Å². The zero-order chi connectivity index (χ0) is 30.1. The Morgan fingerprint density at radius 3 is 2.16 bits per heavy atom. The Morgan fingerprint density at radius 1 is 0.860 bits per heavy atom. The molecule has 0 spiro atoms. The minimum Gasteiger partial charge on any atom is -0.550 e. The molecular weight excluding hydrogens is 552 g/mol. The fourth-order valence-corrected chi connectivity index (χ4v) is 5.54. The first-order valence-electron chi connectivity index (χ1n) is 14.6. The van der Waals surface area contributed by atoms with Gasteiger partial charge >= 0.3 is 29.6 Å². The third-order valence-electron chi connectivity index (χ3n) is 7.46. The standard InChI is InChI=1S/C35H40FN3O3.Na/c1-24(2)39-30(15-8-3-4-9-16-31(40)41)32(28-17-19-29(36)20-18-28)33(27-13-6-5-7-14-27)34(39)35(42)38-23-26-12-10-11-25(21-26)22-37;/h5-7,10-14,17-21,24H,3-4,8-9,15-16,22-23,37H2,1-2H3,(H,38,42)(H,40,41);/q;+1/p-1. The average Bonchev–Trinajstić information content (AvgIpc) is 3.34. The van der Waals surface area contributed by atoms with Gasteiger partial charge in [0.15, 0.2) is 0 Å². The van der Waals surface area contributed by atoms with E-state index in [4.69, 9.17) is 5.73 Å². The second-order valence-electron chi connectivity index (χ2n) is 10.9. The van der Waals surface area contributed by atoms with Gasteiger partial charge in [-0.15, -0.1) is 0 Å². The van der Waals surface area contributed by atoms with Crippen LogP contribution in [-0.4, -0.2) is 16.4 Å². The number of carboxylic acids is 1. The van der Waals surface area contributed by atoms with Gasteiger partial charge in [-0.05, 0) is 73.9 Å². The van der Waals surface area contributed by atoms with Crippen LogP contribution in [0.2, 0.25) is 0 Å². The molecule has 43 heavy (non-hydrogen) atoms. The van der Waals surface area contributed by atoms with Crippen molar-refractivity contribution >= 4 is 11.9 Å². The molecule has 0 saturated carbocycles. The summed E-state index contributed by atoms with van der Waals surface area (Å²) in [6.07, 6.45) is 3.76. The Kier molecular flexibility index (Phi) is 13.2. The minimum absolute atomic E-state index is 0. The molecule has 1 aromatic heterocycles. The maximum Gasteiger partial charge on any atom is 1.00 e. The monoisotopic (exact) mass is 591 g/mol. The molecule has 1 heterocycles. The number of aromatic nitrogens is 1. The van der Waals surface area contributed by atoms with E-state index in [0.29, 0.717) is 31.6 Å². The number of benzene rings is 3. The van der Waals surface area contributed by atoms with Gasteiger partial charge in [-0.1, -0.05) is 79.6 Å². The van der Waals surface area contributed by atoms with Crippen LogP contribution in [0.4, 0.5) is 4.39 Å². The van der Waals surface area contributed by atoms with Crippen LogP contribution in [0.5, 0.6) is 0 Å². The molecule has 0 aliphatic rings. The van der Waals surface area contributed by atoms with E-state index in [2.05, 4.69) is 23.7 Å². The molecule has 0 saturated heterocycles. The van der Waals surface area contributed by atoms with Crippen LogP contribution < -0.4 is 45.7 Å². The van der Waals surface area contributed by atoms with Crippen LogP contribution >= 0.6 is 0 Å². The molecule has 4 aromatic rings.